The second-order valence-electron chi connectivity index (χ2n) is 4.49. The van der Waals surface area contributed by atoms with Gasteiger partial charge < -0.3 is 9.47 Å². The van der Waals surface area contributed by atoms with Gasteiger partial charge in [-0.15, -0.1) is 11.3 Å². The number of fused-ring (bicyclic) bond motifs is 1. The Morgan fingerprint density at radius 2 is 1.81 bits per heavy atom. The van der Waals surface area contributed by atoms with E-state index in [1.807, 2.05) is 32.0 Å². The van der Waals surface area contributed by atoms with Gasteiger partial charge in [-0.3, -0.25) is 10.0 Å². The third kappa shape index (κ3) is 3.65. The third-order valence-corrected chi connectivity index (χ3v) is 3.99. The molecule has 0 radical (unpaired) electrons. The maximum Gasteiger partial charge on any atom is 0.243 e. The molecule has 21 heavy (non-hydrogen) atoms. The Kier molecular flexibility index (Phi) is 5.03. The van der Waals surface area contributed by atoms with Crippen molar-refractivity contribution in [3.8, 4) is 11.5 Å². The highest BCUT2D eigenvalue weighted by atomic mass is 32.1. The van der Waals surface area contributed by atoms with Gasteiger partial charge in [0.2, 0.25) is 5.91 Å². The molecule has 2 rings (SSSR count). The molecule has 1 heterocycles. The Labute approximate surface area is 127 Å². The third-order valence-electron chi connectivity index (χ3n) is 2.90. The predicted molar refractivity (Wildman–Crippen MR) is 82.2 cm³/mol. The maximum absolute atomic E-state index is 11.1. The normalized spacial score (nSPS) is 10.7. The van der Waals surface area contributed by atoms with Crippen LogP contribution < -0.4 is 9.47 Å². The van der Waals surface area contributed by atoms with Gasteiger partial charge in [0, 0.05) is 22.6 Å². The molecular weight excluding hydrogens is 290 g/mol. The fourth-order valence-corrected chi connectivity index (χ4v) is 3.03. The Balaban J connectivity index is 2.35. The maximum atomic E-state index is 11.1. The molecule has 0 fully saturated rings. The van der Waals surface area contributed by atoms with Crippen LogP contribution in [-0.2, 0) is 11.3 Å². The topological polar surface area (TPSA) is 59.0 Å². The SMILES string of the molecule is CCOc1cc2cc(CN(O)C(C)=O)sc2cc1OCC. The van der Waals surface area contributed by atoms with Crippen molar-refractivity contribution in [2.24, 2.45) is 0 Å². The summed E-state index contributed by atoms with van der Waals surface area (Å²) in [5.41, 5.74) is 0. The lowest BCUT2D eigenvalue weighted by atomic mass is 10.2. The molecule has 6 heteroatoms. The van der Waals surface area contributed by atoms with E-state index in [9.17, 15) is 10.0 Å². The van der Waals surface area contributed by atoms with Crippen molar-refractivity contribution in [3.63, 3.8) is 0 Å². The summed E-state index contributed by atoms with van der Waals surface area (Å²) in [4.78, 5) is 12.0. The first-order valence-corrected chi connectivity index (χ1v) is 7.65. The molecule has 1 N–H and O–H groups in total. The van der Waals surface area contributed by atoms with Gasteiger partial charge >= 0.3 is 0 Å². The van der Waals surface area contributed by atoms with E-state index in [1.54, 1.807) is 0 Å². The molecule has 114 valence electrons. The van der Waals surface area contributed by atoms with E-state index in [1.165, 1.54) is 18.3 Å². The monoisotopic (exact) mass is 309 g/mol. The molecular formula is C15H19NO4S. The summed E-state index contributed by atoms with van der Waals surface area (Å²) in [6.45, 7) is 6.50. The summed E-state index contributed by atoms with van der Waals surface area (Å²) in [6, 6.07) is 5.82. The van der Waals surface area contributed by atoms with Crippen molar-refractivity contribution in [3.05, 3.63) is 23.1 Å². The highest BCUT2D eigenvalue weighted by Gasteiger charge is 2.12. The van der Waals surface area contributed by atoms with E-state index in [2.05, 4.69) is 0 Å². The van der Waals surface area contributed by atoms with E-state index in [4.69, 9.17) is 9.47 Å². The first-order valence-electron chi connectivity index (χ1n) is 6.84. The highest BCUT2D eigenvalue weighted by molar-refractivity contribution is 7.19. The van der Waals surface area contributed by atoms with Gasteiger partial charge in [0.05, 0.1) is 19.8 Å². The summed E-state index contributed by atoms with van der Waals surface area (Å²) in [7, 11) is 0. The minimum atomic E-state index is -0.377. The largest absolute Gasteiger partial charge is 0.490 e. The molecule has 0 aliphatic carbocycles. The van der Waals surface area contributed by atoms with E-state index >= 15 is 0 Å². The number of benzene rings is 1. The van der Waals surface area contributed by atoms with Gasteiger partial charge in [-0.2, -0.15) is 0 Å². The van der Waals surface area contributed by atoms with Crippen molar-refractivity contribution in [2.75, 3.05) is 13.2 Å². The molecule has 5 nitrogen and oxygen atoms in total. The zero-order chi connectivity index (χ0) is 15.4. The number of carbonyl (C=O) groups is 1. The molecule has 0 saturated heterocycles. The molecule has 1 aromatic carbocycles. The van der Waals surface area contributed by atoms with Gasteiger partial charge in [-0.25, -0.2) is 5.06 Å². The van der Waals surface area contributed by atoms with Crippen LogP contribution in [0.4, 0.5) is 0 Å². The average Bonchev–Trinajstić information content (AvgIpc) is 2.80. The number of amides is 1. The summed E-state index contributed by atoms with van der Waals surface area (Å²) < 4.78 is 12.2. The summed E-state index contributed by atoms with van der Waals surface area (Å²) >= 11 is 1.52. The number of ether oxygens (including phenoxy) is 2. The van der Waals surface area contributed by atoms with Crippen LogP contribution in [-0.4, -0.2) is 29.4 Å². The molecule has 0 unspecified atom stereocenters. The Bertz CT molecular complexity index is 595. The van der Waals surface area contributed by atoms with Crippen LogP contribution >= 0.6 is 11.3 Å². The van der Waals surface area contributed by atoms with Crippen molar-refractivity contribution >= 4 is 27.3 Å². The summed E-state index contributed by atoms with van der Waals surface area (Å²) in [5, 5.41) is 11.2. The van der Waals surface area contributed by atoms with Crippen LogP contribution in [0, 0.1) is 0 Å². The number of hydroxylamine groups is 2. The highest BCUT2D eigenvalue weighted by Crippen LogP contribution is 2.37. The summed E-state index contributed by atoms with van der Waals surface area (Å²) in [5.74, 6) is 1.05. The number of thiophene rings is 1. The Morgan fingerprint density at radius 3 is 2.38 bits per heavy atom. The van der Waals surface area contributed by atoms with Gasteiger partial charge in [-0.05, 0) is 31.4 Å². The Hall–Kier alpha value is -1.79. The van der Waals surface area contributed by atoms with E-state index in [0.29, 0.717) is 29.8 Å². The lowest BCUT2D eigenvalue weighted by molar-refractivity contribution is -0.165. The standard InChI is InChI=1S/C15H19NO4S/c1-4-19-13-7-11-6-12(9-16(18)10(3)17)21-15(11)8-14(13)20-5-2/h6-8,18H,4-5,9H2,1-3H3. The molecule has 2 aromatic rings. The minimum Gasteiger partial charge on any atom is -0.490 e. The minimum absolute atomic E-state index is 0.183. The van der Waals surface area contributed by atoms with Crippen molar-refractivity contribution in [1.29, 1.82) is 0 Å². The number of hydrogen-bond donors (Lipinski definition) is 1. The zero-order valence-corrected chi connectivity index (χ0v) is 13.2. The lowest BCUT2D eigenvalue weighted by Crippen LogP contribution is -2.23. The van der Waals surface area contributed by atoms with Gasteiger partial charge in [0.15, 0.2) is 11.5 Å². The molecule has 0 aliphatic rings. The second kappa shape index (κ2) is 6.78. The molecule has 0 saturated carbocycles. The summed E-state index contributed by atoms with van der Waals surface area (Å²) in [6.07, 6.45) is 0. The quantitative estimate of drug-likeness (QED) is 0.656. The van der Waals surface area contributed by atoms with Crippen molar-refractivity contribution in [1.82, 2.24) is 5.06 Å². The van der Waals surface area contributed by atoms with Gasteiger partial charge in [0.1, 0.15) is 0 Å². The van der Waals surface area contributed by atoms with Crippen LogP contribution in [0.2, 0.25) is 0 Å². The molecule has 0 aliphatic heterocycles. The van der Waals surface area contributed by atoms with Crippen LogP contribution in [0.15, 0.2) is 18.2 Å². The van der Waals surface area contributed by atoms with Crippen molar-refractivity contribution in [2.45, 2.75) is 27.3 Å². The smallest absolute Gasteiger partial charge is 0.243 e. The number of nitrogens with zero attached hydrogens (tertiary/aromatic N) is 1. The van der Waals surface area contributed by atoms with Crippen LogP contribution in [0.1, 0.15) is 25.6 Å². The van der Waals surface area contributed by atoms with Gasteiger partial charge in [-0.1, -0.05) is 0 Å². The molecule has 1 aromatic heterocycles. The van der Waals surface area contributed by atoms with Crippen molar-refractivity contribution < 1.29 is 19.5 Å². The van der Waals surface area contributed by atoms with Crippen LogP contribution in [0.25, 0.3) is 10.1 Å². The fraction of sp³-hybridized carbons (Fsp3) is 0.400. The zero-order valence-electron chi connectivity index (χ0n) is 12.4. The van der Waals surface area contributed by atoms with Gasteiger partial charge in [0.25, 0.3) is 0 Å². The second-order valence-corrected chi connectivity index (χ2v) is 5.66. The van der Waals surface area contributed by atoms with E-state index < -0.39 is 0 Å². The van der Waals surface area contributed by atoms with E-state index in [0.717, 1.165) is 15.0 Å². The lowest BCUT2D eigenvalue weighted by Gasteiger charge is -2.10. The van der Waals surface area contributed by atoms with E-state index in [-0.39, 0.29) is 12.5 Å². The molecule has 0 bridgehead atoms. The number of carbonyl (C=O) groups excluding carboxylic acids is 1. The molecule has 0 spiro atoms. The van der Waals surface area contributed by atoms with Crippen LogP contribution in [0.5, 0.6) is 11.5 Å². The predicted octanol–water partition coefficient (Wildman–Crippen LogP) is 3.44. The Morgan fingerprint density at radius 1 is 1.19 bits per heavy atom. The first-order chi connectivity index (χ1) is 10.0. The fourth-order valence-electron chi connectivity index (χ4n) is 1.98. The molecule has 0 atom stereocenters. The average molecular weight is 309 g/mol. The number of hydrogen-bond acceptors (Lipinski definition) is 5. The number of rotatable bonds is 6. The molecule has 1 amide bonds. The first kappa shape index (κ1) is 15.6. The van der Waals surface area contributed by atoms with Crippen LogP contribution in [0.3, 0.4) is 0 Å².